The third kappa shape index (κ3) is 3.65. The minimum Gasteiger partial charge on any atom is -0.378 e. The van der Waals surface area contributed by atoms with Gasteiger partial charge in [-0.3, -0.25) is 25.7 Å². The first-order valence-corrected chi connectivity index (χ1v) is 8.66. The van der Waals surface area contributed by atoms with E-state index in [0.717, 1.165) is 49.0 Å². The smallest absolute Gasteiger partial charge is 0.164 e. The van der Waals surface area contributed by atoms with Crippen molar-refractivity contribution >= 4 is 33.1 Å². The van der Waals surface area contributed by atoms with Gasteiger partial charge in [-0.1, -0.05) is 6.07 Å². The molecule has 24 heavy (non-hydrogen) atoms. The summed E-state index contributed by atoms with van der Waals surface area (Å²) in [6, 6.07) is 6.52. The molecule has 0 radical (unpaired) electrons. The van der Waals surface area contributed by atoms with Crippen molar-refractivity contribution < 1.29 is 0 Å². The maximum Gasteiger partial charge on any atom is 0.164 e. The topological polar surface area (TPSA) is 106 Å². The Hall–Kier alpha value is -2.19. The van der Waals surface area contributed by atoms with Gasteiger partial charge in [0, 0.05) is 44.6 Å². The van der Waals surface area contributed by atoms with Crippen molar-refractivity contribution in [2.45, 2.75) is 13.0 Å². The Balaban J connectivity index is 1.64. The molecule has 3 rings (SSSR count). The molecule has 0 bridgehead atoms. The highest BCUT2D eigenvalue weighted by atomic mass is 32.2. The Morgan fingerprint density at radius 2 is 1.79 bits per heavy atom. The van der Waals surface area contributed by atoms with E-state index in [9.17, 15) is 0 Å². The van der Waals surface area contributed by atoms with Crippen molar-refractivity contribution in [2.75, 3.05) is 26.2 Å². The van der Waals surface area contributed by atoms with E-state index in [2.05, 4.69) is 33.9 Å². The molecule has 1 atom stereocenters. The average Bonchev–Trinajstić information content (AvgIpc) is 2.60. The molecular weight excluding hydrogens is 322 g/mol. The highest BCUT2D eigenvalue weighted by Gasteiger charge is 2.24. The van der Waals surface area contributed by atoms with E-state index < -0.39 is 0 Å². The molecule has 0 saturated carbocycles. The van der Waals surface area contributed by atoms with Crippen molar-refractivity contribution in [3.63, 3.8) is 0 Å². The number of benzene rings is 1. The number of amidine groups is 2. The molecule has 1 saturated heterocycles. The Morgan fingerprint density at radius 3 is 2.46 bits per heavy atom. The van der Waals surface area contributed by atoms with Crippen LogP contribution in [0.15, 0.2) is 30.6 Å². The zero-order chi connectivity index (χ0) is 17.1. The second-order valence-corrected chi connectivity index (χ2v) is 6.81. The summed E-state index contributed by atoms with van der Waals surface area (Å²) in [4.78, 5) is 13.1. The summed E-state index contributed by atoms with van der Waals surface area (Å²) in [6.07, 6.45) is 3.42. The fourth-order valence-electron chi connectivity index (χ4n) is 2.93. The monoisotopic (exact) mass is 343 g/mol. The maximum atomic E-state index is 7.98. The number of nitrogens with one attached hydrogen (secondary N) is 2. The molecule has 1 aliphatic heterocycles. The van der Waals surface area contributed by atoms with E-state index in [-0.39, 0.29) is 11.2 Å². The van der Waals surface area contributed by atoms with E-state index in [1.54, 1.807) is 12.4 Å². The summed E-state index contributed by atoms with van der Waals surface area (Å²) in [5.41, 5.74) is 8.41. The Labute approximate surface area is 145 Å². The van der Waals surface area contributed by atoms with Crippen LogP contribution in [0.1, 0.15) is 18.5 Å². The van der Waals surface area contributed by atoms with Crippen molar-refractivity contribution in [1.82, 2.24) is 19.8 Å². The summed E-state index contributed by atoms with van der Waals surface area (Å²) in [5, 5.41) is 15.6. The van der Waals surface area contributed by atoms with Gasteiger partial charge in [0.15, 0.2) is 10.3 Å². The molecule has 1 aliphatic rings. The van der Waals surface area contributed by atoms with Crippen LogP contribution in [0.25, 0.3) is 11.0 Å². The van der Waals surface area contributed by atoms with Gasteiger partial charge in [0.25, 0.3) is 0 Å². The average molecular weight is 343 g/mol. The number of nitrogens with zero attached hydrogens (tertiary/aromatic N) is 4. The lowest BCUT2D eigenvalue weighted by Crippen LogP contribution is -2.48. The first-order valence-electron chi connectivity index (χ1n) is 7.84. The molecule has 2 heterocycles. The number of hydrogen-bond donors (Lipinski definition) is 3. The van der Waals surface area contributed by atoms with Crippen molar-refractivity contribution in [2.24, 2.45) is 5.73 Å². The van der Waals surface area contributed by atoms with E-state index in [0.29, 0.717) is 5.17 Å². The zero-order valence-corrected chi connectivity index (χ0v) is 14.4. The minimum absolute atomic E-state index is 0.0342. The fourth-order valence-corrected chi connectivity index (χ4v) is 3.45. The van der Waals surface area contributed by atoms with Gasteiger partial charge in [0.1, 0.15) is 0 Å². The lowest BCUT2D eigenvalue weighted by Gasteiger charge is -2.38. The first kappa shape index (κ1) is 16.7. The highest BCUT2D eigenvalue weighted by Crippen LogP contribution is 2.24. The van der Waals surface area contributed by atoms with Gasteiger partial charge in [-0.15, -0.1) is 0 Å². The summed E-state index contributed by atoms with van der Waals surface area (Å²) < 4.78 is 0. The number of nitrogens with two attached hydrogens (primary N) is 1. The Kier molecular flexibility index (Phi) is 4.96. The van der Waals surface area contributed by atoms with Crippen LogP contribution in [0.2, 0.25) is 0 Å². The first-order chi connectivity index (χ1) is 11.5. The standard InChI is InChI=1S/C16H21N7S/c1-11(12-2-3-13-14(10-12)21-5-4-20-13)22-6-8-23(9-7-22)16(19)24-15(17)18/h2-5,10-11,19H,6-9H2,1H3,(H3,17,18). The van der Waals surface area contributed by atoms with Crippen LogP contribution in [0.3, 0.4) is 0 Å². The van der Waals surface area contributed by atoms with E-state index in [1.165, 1.54) is 5.56 Å². The number of hydrogen-bond acceptors (Lipinski definition) is 6. The molecule has 2 aromatic rings. The van der Waals surface area contributed by atoms with Crippen LogP contribution in [0, 0.1) is 10.8 Å². The molecule has 8 heteroatoms. The van der Waals surface area contributed by atoms with Crippen LogP contribution < -0.4 is 5.73 Å². The third-order valence-corrected chi connectivity index (χ3v) is 5.00. The minimum atomic E-state index is -0.0342. The summed E-state index contributed by atoms with van der Waals surface area (Å²) in [7, 11) is 0. The number of piperazine rings is 1. The Bertz CT molecular complexity index is 755. The van der Waals surface area contributed by atoms with Gasteiger partial charge < -0.3 is 10.6 Å². The van der Waals surface area contributed by atoms with Crippen molar-refractivity contribution in [3.05, 3.63) is 36.2 Å². The lowest BCUT2D eigenvalue weighted by molar-refractivity contribution is 0.142. The van der Waals surface area contributed by atoms with Crippen LogP contribution in [0.5, 0.6) is 0 Å². The lowest BCUT2D eigenvalue weighted by atomic mass is 10.1. The molecule has 1 unspecified atom stereocenters. The van der Waals surface area contributed by atoms with Gasteiger partial charge in [-0.05, 0) is 36.4 Å². The van der Waals surface area contributed by atoms with Gasteiger partial charge in [-0.2, -0.15) is 0 Å². The molecule has 126 valence electrons. The molecule has 1 aromatic carbocycles. The van der Waals surface area contributed by atoms with E-state index in [4.69, 9.17) is 16.6 Å². The zero-order valence-electron chi connectivity index (χ0n) is 13.6. The van der Waals surface area contributed by atoms with Crippen molar-refractivity contribution in [1.29, 1.82) is 10.8 Å². The molecule has 0 amide bonds. The molecule has 4 N–H and O–H groups in total. The number of aromatic nitrogens is 2. The molecule has 0 aliphatic carbocycles. The second kappa shape index (κ2) is 7.14. The van der Waals surface area contributed by atoms with Gasteiger partial charge >= 0.3 is 0 Å². The van der Waals surface area contributed by atoms with Crippen LogP contribution in [-0.2, 0) is 0 Å². The summed E-state index contributed by atoms with van der Waals surface area (Å²) in [6.45, 7) is 5.50. The second-order valence-electron chi connectivity index (χ2n) is 5.77. The quantitative estimate of drug-likeness (QED) is 0.568. The summed E-state index contributed by atoms with van der Waals surface area (Å²) >= 11 is 1.00. The van der Waals surface area contributed by atoms with Crippen LogP contribution in [-0.4, -0.2) is 56.3 Å². The van der Waals surface area contributed by atoms with E-state index >= 15 is 0 Å². The van der Waals surface area contributed by atoms with Crippen LogP contribution >= 0.6 is 11.8 Å². The number of fused-ring (bicyclic) bond motifs is 1. The maximum absolute atomic E-state index is 7.98. The Morgan fingerprint density at radius 1 is 1.12 bits per heavy atom. The van der Waals surface area contributed by atoms with Gasteiger partial charge in [0.05, 0.1) is 11.0 Å². The van der Waals surface area contributed by atoms with Crippen LogP contribution in [0.4, 0.5) is 0 Å². The largest absolute Gasteiger partial charge is 0.378 e. The predicted molar refractivity (Wildman–Crippen MR) is 98.3 cm³/mol. The molecule has 1 fully saturated rings. The predicted octanol–water partition coefficient (Wildman–Crippen LogP) is 1.87. The normalized spacial score (nSPS) is 17.0. The van der Waals surface area contributed by atoms with Crippen molar-refractivity contribution in [3.8, 4) is 0 Å². The SMILES string of the molecule is CC(c1ccc2nccnc2c1)N1CCN(C(=N)SC(=N)N)CC1. The number of rotatable bonds is 2. The highest BCUT2D eigenvalue weighted by molar-refractivity contribution is 8.26. The van der Waals surface area contributed by atoms with Gasteiger partial charge in [0.2, 0.25) is 0 Å². The summed E-state index contributed by atoms with van der Waals surface area (Å²) in [5.74, 6) is 0. The molecule has 7 nitrogen and oxygen atoms in total. The molecule has 0 spiro atoms. The van der Waals surface area contributed by atoms with E-state index in [1.807, 2.05) is 11.0 Å². The molecular formula is C16H21N7S. The fraction of sp³-hybridized carbons (Fsp3) is 0.375. The molecule has 1 aromatic heterocycles. The third-order valence-electron chi connectivity index (χ3n) is 4.33. The number of thioether (sulfide) groups is 1. The van der Waals surface area contributed by atoms with Gasteiger partial charge in [-0.25, -0.2) is 0 Å².